The van der Waals surface area contributed by atoms with E-state index in [4.69, 9.17) is 10.00 Å². The van der Waals surface area contributed by atoms with Gasteiger partial charge in [0.25, 0.3) is 0 Å². The second-order valence-electron chi connectivity index (χ2n) is 3.83. The van der Waals surface area contributed by atoms with Crippen molar-refractivity contribution in [3.63, 3.8) is 0 Å². The fourth-order valence-corrected chi connectivity index (χ4v) is 3.15. The van der Waals surface area contributed by atoms with Crippen molar-refractivity contribution in [3.8, 4) is 6.07 Å². The summed E-state index contributed by atoms with van der Waals surface area (Å²) >= 11 is 1.41. The Morgan fingerprint density at radius 1 is 1.72 bits per heavy atom. The first-order chi connectivity index (χ1) is 8.72. The molecule has 1 aliphatic carbocycles. The molecule has 18 heavy (non-hydrogen) atoms. The molecule has 0 fully saturated rings. The van der Waals surface area contributed by atoms with Gasteiger partial charge in [0.1, 0.15) is 11.8 Å². The van der Waals surface area contributed by atoms with E-state index in [9.17, 15) is 4.21 Å². The smallest absolute Gasteiger partial charge is 0.174 e. The van der Waals surface area contributed by atoms with Crippen molar-refractivity contribution in [1.82, 2.24) is 0 Å². The first kappa shape index (κ1) is 13.4. The summed E-state index contributed by atoms with van der Waals surface area (Å²) in [5, 5.41) is 9.32. The highest BCUT2D eigenvalue weighted by atomic mass is 32.2. The predicted molar refractivity (Wildman–Crippen MR) is 74.7 cm³/mol. The molecule has 1 aliphatic heterocycles. The molecule has 0 aromatic heterocycles. The third-order valence-corrected chi connectivity index (χ3v) is 4.92. The fraction of sp³-hybridized carbons (Fsp3) is 0.500. The molecule has 0 radical (unpaired) electrons. The highest BCUT2D eigenvalue weighted by molar-refractivity contribution is 8.18. The Morgan fingerprint density at radius 3 is 3.28 bits per heavy atom. The van der Waals surface area contributed by atoms with Gasteiger partial charge in [-0.3, -0.25) is 9.20 Å². The first-order valence-corrected chi connectivity index (χ1v) is 8.08. The van der Waals surface area contributed by atoms with E-state index in [-0.39, 0.29) is 6.04 Å². The summed E-state index contributed by atoms with van der Waals surface area (Å²) in [7, 11) is -0.787. The van der Waals surface area contributed by atoms with E-state index in [1.807, 2.05) is 19.1 Å². The fourth-order valence-electron chi connectivity index (χ4n) is 1.68. The van der Waals surface area contributed by atoms with Gasteiger partial charge in [-0.25, -0.2) is 0 Å². The SMILES string of the molecule is CCS(=O)CCOC1=CCC2N=C(C#N)SC2=C1. The van der Waals surface area contributed by atoms with Crippen LogP contribution in [0.2, 0.25) is 0 Å². The number of hydrogen-bond acceptors (Lipinski definition) is 5. The quantitative estimate of drug-likeness (QED) is 0.773. The minimum absolute atomic E-state index is 0.0989. The molecule has 1 heterocycles. The van der Waals surface area contributed by atoms with Crippen LogP contribution in [0.5, 0.6) is 0 Å². The Morgan fingerprint density at radius 2 is 2.56 bits per heavy atom. The maximum atomic E-state index is 11.3. The van der Waals surface area contributed by atoms with E-state index in [1.54, 1.807) is 0 Å². The topological polar surface area (TPSA) is 62.4 Å². The van der Waals surface area contributed by atoms with Crippen molar-refractivity contribution in [3.05, 3.63) is 22.8 Å². The minimum Gasteiger partial charge on any atom is -0.493 e. The van der Waals surface area contributed by atoms with E-state index >= 15 is 0 Å². The third kappa shape index (κ3) is 3.24. The maximum absolute atomic E-state index is 11.3. The molecule has 0 saturated carbocycles. The lowest BCUT2D eigenvalue weighted by Crippen LogP contribution is -2.10. The summed E-state index contributed by atoms with van der Waals surface area (Å²) in [6, 6.07) is 2.17. The van der Waals surface area contributed by atoms with Crippen LogP contribution in [-0.2, 0) is 15.5 Å². The number of hydrogen-bond donors (Lipinski definition) is 0. The zero-order valence-electron chi connectivity index (χ0n) is 10.1. The number of allylic oxidation sites excluding steroid dienone is 1. The summed E-state index contributed by atoms with van der Waals surface area (Å²) in [6.07, 6.45) is 4.69. The van der Waals surface area contributed by atoms with Crippen molar-refractivity contribution in [2.45, 2.75) is 19.4 Å². The van der Waals surface area contributed by atoms with E-state index in [0.29, 0.717) is 23.2 Å². The van der Waals surface area contributed by atoms with Gasteiger partial charge < -0.3 is 4.74 Å². The summed E-state index contributed by atoms with van der Waals surface area (Å²) in [5.41, 5.74) is 0. The molecule has 0 saturated heterocycles. The highest BCUT2D eigenvalue weighted by Gasteiger charge is 2.26. The maximum Gasteiger partial charge on any atom is 0.174 e. The van der Waals surface area contributed by atoms with Crippen LogP contribution in [0.15, 0.2) is 27.8 Å². The van der Waals surface area contributed by atoms with Gasteiger partial charge in [-0.2, -0.15) is 5.26 Å². The molecule has 0 N–H and O–H groups in total. The third-order valence-electron chi connectivity index (χ3n) is 2.64. The number of fused-ring (bicyclic) bond motifs is 1. The molecule has 2 aliphatic rings. The van der Waals surface area contributed by atoms with Crippen LogP contribution >= 0.6 is 11.8 Å². The Balaban J connectivity index is 1.86. The van der Waals surface area contributed by atoms with Crippen molar-refractivity contribution in [2.75, 3.05) is 18.1 Å². The van der Waals surface area contributed by atoms with E-state index in [1.165, 1.54) is 11.8 Å². The van der Waals surface area contributed by atoms with E-state index in [0.717, 1.165) is 17.1 Å². The van der Waals surface area contributed by atoms with Gasteiger partial charge in [-0.05, 0) is 18.6 Å². The summed E-state index contributed by atoms with van der Waals surface area (Å²) in [5.74, 6) is 2.03. The molecule has 2 rings (SSSR count). The van der Waals surface area contributed by atoms with Crippen molar-refractivity contribution in [1.29, 1.82) is 5.26 Å². The van der Waals surface area contributed by atoms with Gasteiger partial charge in [-0.15, -0.1) is 0 Å². The first-order valence-electron chi connectivity index (χ1n) is 5.78. The molecule has 0 spiro atoms. The van der Waals surface area contributed by atoms with Crippen molar-refractivity contribution in [2.24, 2.45) is 4.99 Å². The minimum atomic E-state index is -0.787. The van der Waals surface area contributed by atoms with Crippen molar-refractivity contribution >= 4 is 27.6 Å². The van der Waals surface area contributed by atoms with Gasteiger partial charge >= 0.3 is 0 Å². The van der Waals surface area contributed by atoms with Crippen LogP contribution in [0.3, 0.4) is 0 Å². The van der Waals surface area contributed by atoms with Gasteiger partial charge in [0.2, 0.25) is 0 Å². The van der Waals surface area contributed by atoms with Crippen LogP contribution in [0.4, 0.5) is 0 Å². The lowest BCUT2D eigenvalue weighted by atomic mass is 10.1. The molecule has 2 unspecified atom stereocenters. The summed E-state index contributed by atoms with van der Waals surface area (Å²) in [6.45, 7) is 2.37. The molecule has 4 nitrogen and oxygen atoms in total. The number of rotatable bonds is 5. The number of aliphatic imine (C=N–C) groups is 1. The van der Waals surface area contributed by atoms with E-state index < -0.39 is 10.8 Å². The molecule has 0 amide bonds. The lowest BCUT2D eigenvalue weighted by molar-refractivity contribution is 0.242. The number of nitrogens with zero attached hydrogens (tertiary/aromatic N) is 2. The van der Waals surface area contributed by atoms with Gasteiger partial charge in [0.15, 0.2) is 5.04 Å². The average Bonchev–Trinajstić information content (AvgIpc) is 2.80. The highest BCUT2D eigenvalue weighted by Crippen LogP contribution is 2.36. The van der Waals surface area contributed by atoms with E-state index in [2.05, 4.69) is 11.1 Å². The second-order valence-corrected chi connectivity index (χ2v) is 6.76. The molecule has 0 bridgehead atoms. The van der Waals surface area contributed by atoms with Crippen LogP contribution in [0, 0.1) is 11.3 Å². The number of thioether (sulfide) groups is 1. The van der Waals surface area contributed by atoms with Gasteiger partial charge in [0, 0.05) is 21.5 Å². The summed E-state index contributed by atoms with van der Waals surface area (Å²) in [4.78, 5) is 5.36. The molecular weight excluding hydrogens is 268 g/mol. The number of nitriles is 1. The molecule has 2 atom stereocenters. The van der Waals surface area contributed by atoms with Gasteiger partial charge in [0.05, 0.1) is 18.4 Å². The summed E-state index contributed by atoms with van der Waals surface area (Å²) < 4.78 is 16.8. The van der Waals surface area contributed by atoms with Crippen LogP contribution in [0.25, 0.3) is 0 Å². The van der Waals surface area contributed by atoms with Crippen LogP contribution in [0.1, 0.15) is 13.3 Å². The van der Waals surface area contributed by atoms with Crippen LogP contribution < -0.4 is 0 Å². The average molecular weight is 282 g/mol. The monoisotopic (exact) mass is 282 g/mol. The normalized spacial score (nSPS) is 23.3. The van der Waals surface area contributed by atoms with Crippen molar-refractivity contribution < 1.29 is 8.95 Å². The standard InChI is InChI=1S/C12H14N2O2S2/c1-2-18(15)6-5-16-9-3-4-10-11(7-9)17-12(8-13)14-10/h3,7,10H,2,4-6H2,1H3. The lowest BCUT2D eigenvalue weighted by Gasteiger charge is -2.15. The Bertz CT molecular complexity index is 489. The zero-order chi connectivity index (χ0) is 13.0. The molecular formula is C12H14N2O2S2. The zero-order valence-corrected chi connectivity index (χ0v) is 11.7. The van der Waals surface area contributed by atoms with Gasteiger partial charge in [-0.1, -0.05) is 18.7 Å². The molecule has 0 aromatic rings. The Hall–Kier alpha value is -1.06. The van der Waals surface area contributed by atoms with Crippen LogP contribution in [-0.4, -0.2) is 33.4 Å². The Kier molecular flexibility index (Phi) is 4.61. The number of ether oxygens (including phenoxy) is 1. The Labute approximate surface area is 113 Å². The molecule has 0 aromatic carbocycles. The molecule has 96 valence electrons. The second kappa shape index (κ2) is 6.21. The molecule has 6 heteroatoms. The predicted octanol–water partition coefficient (Wildman–Crippen LogP) is 1.98. The largest absolute Gasteiger partial charge is 0.493 e.